The number of rotatable bonds is 5. The fourth-order valence-corrected chi connectivity index (χ4v) is 6.05. The van der Waals surface area contributed by atoms with E-state index in [0.717, 1.165) is 61.4 Å². The van der Waals surface area contributed by atoms with Crippen LogP contribution in [0.4, 0.5) is 0 Å². The van der Waals surface area contributed by atoms with Gasteiger partial charge in [0.1, 0.15) is 17.3 Å². The standard InChI is InChI=1S/C39H36N4O/c1-25-15-18-35-34(21-25)33-17-16-32(24-36(33)42(35)37-22-29(19-20-40-37)39(4,5)6)44-31-14-10-13-30(23-31)43-27(3)38(26(2)41-43)28-11-8-7-9-12-28/h7-24H,1-6H3/i1D3. The predicted octanol–water partition coefficient (Wildman–Crippen LogP) is 10.0. The van der Waals surface area contributed by atoms with Crippen molar-refractivity contribution in [3.8, 4) is 34.1 Å². The van der Waals surface area contributed by atoms with Crippen molar-refractivity contribution in [2.75, 3.05) is 0 Å². The van der Waals surface area contributed by atoms with Gasteiger partial charge in [0.2, 0.25) is 0 Å². The lowest BCUT2D eigenvalue weighted by atomic mass is 9.88. The van der Waals surface area contributed by atoms with Crippen molar-refractivity contribution in [1.82, 2.24) is 19.3 Å². The first kappa shape index (κ1) is 24.3. The quantitative estimate of drug-likeness (QED) is 0.204. The second-order valence-electron chi connectivity index (χ2n) is 12.3. The summed E-state index contributed by atoms with van der Waals surface area (Å²) in [6.45, 7) is 8.44. The first-order valence-corrected chi connectivity index (χ1v) is 14.8. The van der Waals surface area contributed by atoms with Crippen LogP contribution in [-0.2, 0) is 5.41 Å². The van der Waals surface area contributed by atoms with E-state index in [1.807, 2.05) is 90.6 Å². The first-order valence-electron chi connectivity index (χ1n) is 16.3. The Bertz CT molecular complexity index is 2270. The predicted molar refractivity (Wildman–Crippen MR) is 181 cm³/mol. The van der Waals surface area contributed by atoms with Crippen LogP contribution in [0.5, 0.6) is 11.5 Å². The van der Waals surface area contributed by atoms with Gasteiger partial charge in [-0.2, -0.15) is 5.10 Å². The molecule has 0 amide bonds. The lowest BCUT2D eigenvalue weighted by Crippen LogP contribution is -2.12. The number of fused-ring (bicyclic) bond motifs is 3. The van der Waals surface area contributed by atoms with Gasteiger partial charge < -0.3 is 4.74 Å². The highest BCUT2D eigenvalue weighted by molar-refractivity contribution is 6.09. The molecule has 0 N–H and O–H groups in total. The van der Waals surface area contributed by atoms with E-state index in [9.17, 15) is 0 Å². The Morgan fingerprint density at radius 2 is 1.57 bits per heavy atom. The zero-order chi connectivity index (χ0) is 33.1. The Kier molecular flexibility index (Phi) is 5.81. The van der Waals surface area contributed by atoms with Crippen molar-refractivity contribution in [3.05, 3.63) is 132 Å². The number of aromatic nitrogens is 4. The van der Waals surface area contributed by atoms with Crippen LogP contribution in [0, 0.1) is 20.7 Å². The average molecular weight is 580 g/mol. The summed E-state index contributed by atoms with van der Waals surface area (Å²) < 4.78 is 34.6. The summed E-state index contributed by atoms with van der Waals surface area (Å²) in [7, 11) is 0. The maximum Gasteiger partial charge on any atom is 0.137 e. The normalized spacial score (nSPS) is 13.2. The van der Waals surface area contributed by atoms with Gasteiger partial charge in [-0.1, -0.05) is 68.8 Å². The second kappa shape index (κ2) is 10.5. The van der Waals surface area contributed by atoms with E-state index in [1.54, 1.807) is 12.1 Å². The molecular weight excluding hydrogens is 540 g/mol. The number of nitrogens with zero attached hydrogens (tertiary/aromatic N) is 4. The molecule has 0 radical (unpaired) electrons. The van der Waals surface area contributed by atoms with E-state index in [4.69, 9.17) is 18.9 Å². The van der Waals surface area contributed by atoms with Gasteiger partial charge in [0.25, 0.3) is 0 Å². The van der Waals surface area contributed by atoms with Crippen molar-refractivity contribution in [2.24, 2.45) is 0 Å². The third-order valence-electron chi connectivity index (χ3n) is 8.23. The molecule has 218 valence electrons. The Hall–Kier alpha value is -5.16. The Balaban J connectivity index is 1.32. The molecule has 0 aliphatic rings. The third kappa shape index (κ3) is 4.84. The molecule has 7 aromatic rings. The number of benzene rings is 4. The Morgan fingerprint density at radius 3 is 2.36 bits per heavy atom. The summed E-state index contributed by atoms with van der Waals surface area (Å²) >= 11 is 0. The maximum absolute atomic E-state index is 8.02. The van der Waals surface area contributed by atoms with E-state index in [-0.39, 0.29) is 5.41 Å². The van der Waals surface area contributed by atoms with Gasteiger partial charge in [-0.15, -0.1) is 0 Å². The smallest absolute Gasteiger partial charge is 0.137 e. The second-order valence-corrected chi connectivity index (χ2v) is 12.3. The van der Waals surface area contributed by atoms with Crippen LogP contribution in [0.3, 0.4) is 0 Å². The molecule has 0 spiro atoms. The molecule has 0 atom stereocenters. The molecule has 5 heteroatoms. The minimum atomic E-state index is -2.21. The van der Waals surface area contributed by atoms with E-state index in [0.29, 0.717) is 17.1 Å². The highest BCUT2D eigenvalue weighted by Crippen LogP contribution is 2.37. The van der Waals surface area contributed by atoms with Crippen LogP contribution >= 0.6 is 0 Å². The topological polar surface area (TPSA) is 44.9 Å². The molecule has 5 nitrogen and oxygen atoms in total. The molecule has 0 aliphatic heterocycles. The number of pyridine rings is 1. The summed E-state index contributed by atoms with van der Waals surface area (Å²) in [4.78, 5) is 4.77. The zero-order valence-corrected chi connectivity index (χ0v) is 25.6. The van der Waals surface area contributed by atoms with Crippen LogP contribution in [-0.4, -0.2) is 19.3 Å². The minimum Gasteiger partial charge on any atom is -0.457 e. The van der Waals surface area contributed by atoms with Gasteiger partial charge in [0, 0.05) is 44.5 Å². The number of hydrogen-bond acceptors (Lipinski definition) is 3. The van der Waals surface area contributed by atoms with Crippen molar-refractivity contribution < 1.29 is 8.85 Å². The molecule has 44 heavy (non-hydrogen) atoms. The summed E-state index contributed by atoms with van der Waals surface area (Å²) in [5, 5.41) is 6.65. The lowest BCUT2D eigenvalue weighted by molar-refractivity contribution is 0.482. The van der Waals surface area contributed by atoms with Gasteiger partial charge in [0.15, 0.2) is 0 Å². The summed E-state index contributed by atoms with van der Waals surface area (Å²) in [5.41, 5.74) is 8.32. The average Bonchev–Trinajstić information content (AvgIpc) is 3.53. The molecule has 3 heterocycles. The molecule has 0 bridgehead atoms. The van der Waals surface area contributed by atoms with Crippen molar-refractivity contribution >= 4 is 21.8 Å². The Labute approximate surface area is 262 Å². The van der Waals surface area contributed by atoms with Crippen LogP contribution in [0.15, 0.2) is 109 Å². The Morgan fingerprint density at radius 1 is 0.750 bits per heavy atom. The fraction of sp³-hybridized carbons (Fsp3) is 0.179. The van der Waals surface area contributed by atoms with E-state index >= 15 is 0 Å². The lowest BCUT2D eigenvalue weighted by Gasteiger charge is -2.20. The molecule has 0 saturated heterocycles. The van der Waals surface area contributed by atoms with Gasteiger partial charge >= 0.3 is 0 Å². The van der Waals surface area contributed by atoms with Gasteiger partial charge in [-0.3, -0.25) is 4.57 Å². The maximum atomic E-state index is 8.02. The summed E-state index contributed by atoms with van der Waals surface area (Å²) in [6, 6.07) is 33.6. The van der Waals surface area contributed by atoms with E-state index < -0.39 is 6.85 Å². The van der Waals surface area contributed by atoms with Crippen LogP contribution in [0.25, 0.3) is 44.4 Å². The fourth-order valence-electron chi connectivity index (χ4n) is 6.05. The number of hydrogen-bond donors (Lipinski definition) is 0. The molecule has 0 aliphatic carbocycles. The minimum absolute atomic E-state index is 0.0719. The third-order valence-corrected chi connectivity index (χ3v) is 8.23. The van der Waals surface area contributed by atoms with Crippen molar-refractivity contribution in [1.29, 1.82) is 0 Å². The van der Waals surface area contributed by atoms with Crippen molar-refractivity contribution in [2.45, 2.75) is 46.9 Å². The largest absolute Gasteiger partial charge is 0.457 e. The molecular formula is C39H36N4O. The molecule has 0 unspecified atom stereocenters. The molecule has 0 fully saturated rings. The van der Waals surface area contributed by atoms with E-state index in [2.05, 4.69) is 50.5 Å². The zero-order valence-electron chi connectivity index (χ0n) is 28.6. The summed E-state index contributed by atoms with van der Waals surface area (Å²) in [5.74, 6) is 2.09. The highest BCUT2D eigenvalue weighted by atomic mass is 16.5. The van der Waals surface area contributed by atoms with Gasteiger partial charge in [0.05, 0.1) is 22.4 Å². The van der Waals surface area contributed by atoms with Crippen LogP contribution in [0.2, 0.25) is 0 Å². The van der Waals surface area contributed by atoms with Crippen LogP contribution < -0.4 is 4.74 Å². The van der Waals surface area contributed by atoms with Gasteiger partial charge in [-0.25, -0.2) is 9.67 Å². The first-order chi connectivity index (χ1) is 22.4. The van der Waals surface area contributed by atoms with Crippen LogP contribution in [0.1, 0.15) is 47.4 Å². The molecule has 4 aromatic carbocycles. The van der Waals surface area contributed by atoms with E-state index in [1.165, 1.54) is 0 Å². The molecule has 3 aromatic heterocycles. The number of aryl methyl sites for hydroxylation is 2. The van der Waals surface area contributed by atoms with Gasteiger partial charge in [-0.05, 0) is 85.8 Å². The highest BCUT2D eigenvalue weighted by Gasteiger charge is 2.19. The van der Waals surface area contributed by atoms with Crippen molar-refractivity contribution in [3.63, 3.8) is 0 Å². The molecule has 0 saturated carbocycles. The molecule has 7 rings (SSSR count). The summed E-state index contributed by atoms with van der Waals surface area (Å²) in [6.07, 6.45) is 1.83. The number of ether oxygens (including phenoxy) is 1. The SMILES string of the molecule is [2H]C([2H])([2H])c1ccc2c(c1)c1ccc(Oc3cccc(-n4nc(C)c(-c5ccccc5)c4C)c3)cc1n2-c1cc(C(C)(C)C)ccn1. The monoisotopic (exact) mass is 579 g/mol.